The van der Waals surface area contributed by atoms with Gasteiger partial charge in [-0.3, -0.25) is 14.2 Å². The smallest absolute Gasteiger partial charge is 0.276 e. The molecule has 0 bridgehead atoms. The van der Waals surface area contributed by atoms with Crippen LogP contribution in [0.5, 0.6) is 0 Å². The van der Waals surface area contributed by atoms with Gasteiger partial charge < -0.3 is 21.5 Å². The van der Waals surface area contributed by atoms with Gasteiger partial charge in [0.15, 0.2) is 0 Å². The minimum absolute atomic E-state index is 0.209. The number of aliphatic hydroxyl groups is 1. The number of rotatable bonds is 6. The first-order valence-electron chi connectivity index (χ1n) is 8.53. The number of aliphatic hydroxyl groups excluding tert-OH is 1. The van der Waals surface area contributed by atoms with E-state index in [-0.39, 0.29) is 35.3 Å². The standard InChI is InChI=1S/C17H22N6O3/c1-3-5-17(4-2)22-15(25)14-10(8-24)6-11(16(26)23(14)17)21-13-7-12(18)19-9-20-13/h6-7,9,24H,3-5,8H2,1-2H3,(H,22,25)(H3,18,19,20,21). The third-order valence-electron chi connectivity index (χ3n) is 4.64. The van der Waals surface area contributed by atoms with Crippen LogP contribution in [0.1, 0.15) is 49.2 Å². The molecule has 2 aromatic rings. The Kier molecular flexibility index (Phi) is 4.64. The molecule has 0 saturated carbocycles. The molecule has 1 atom stereocenters. The molecule has 0 radical (unpaired) electrons. The maximum absolute atomic E-state index is 13.2. The summed E-state index contributed by atoms with van der Waals surface area (Å²) in [4.78, 5) is 33.5. The Labute approximate surface area is 150 Å². The molecular weight excluding hydrogens is 336 g/mol. The molecule has 2 aromatic heterocycles. The zero-order valence-corrected chi connectivity index (χ0v) is 14.7. The van der Waals surface area contributed by atoms with Gasteiger partial charge in [-0.15, -0.1) is 0 Å². The molecule has 1 unspecified atom stereocenters. The number of carbonyl (C=O) groups excluding carboxylic acids is 1. The number of anilines is 3. The van der Waals surface area contributed by atoms with Crippen LogP contribution in [0.2, 0.25) is 0 Å². The predicted octanol–water partition coefficient (Wildman–Crippen LogP) is 1.06. The topological polar surface area (TPSA) is 135 Å². The number of nitrogens with one attached hydrogen (secondary N) is 2. The first kappa shape index (κ1) is 17.9. The first-order chi connectivity index (χ1) is 12.5. The molecular formula is C17H22N6O3. The van der Waals surface area contributed by atoms with E-state index in [1.54, 1.807) is 0 Å². The SMILES string of the molecule is CCCC1(CC)NC(=O)c2c(CO)cc(Nc3cc(N)ncn3)c(=O)n21. The van der Waals surface area contributed by atoms with E-state index in [1.807, 2.05) is 13.8 Å². The van der Waals surface area contributed by atoms with Crippen molar-refractivity contribution in [3.05, 3.63) is 40.1 Å². The van der Waals surface area contributed by atoms with Crippen molar-refractivity contribution >= 4 is 23.2 Å². The summed E-state index contributed by atoms with van der Waals surface area (Å²) in [5, 5.41) is 15.6. The van der Waals surface area contributed by atoms with Crippen LogP contribution in [0.15, 0.2) is 23.3 Å². The summed E-state index contributed by atoms with van der Waals surface area (Å²) in [6.45, 7) is 3.54. The van der Waals surface area contributed by atoms with E-state index in [4.69, 9.17) is 5.73 Å². The number of hydrogen-bond acceptors (Lipinski definition) is 7. The molecule has 3 rings (SSSR count). The van der Waals surface area contributed by atoms with Gasteiger partial charge in [0.2, 0.25) is 0 Å². The second kappa shape index (κ2) is 6.75. The number of fused-ring (bicyclic) bond motifs is 1. The number of nitrogens with zero attached hydrogens (tertiary/aromatic N) is 3. The number of hydrogen-bond donors (Lipinski definition) is 4. The largest absolute Gasteiger partial charge is 0.392 e. The Bertz CT molecular complexity index is 910. The molecule has 0 aromatic carbocycles. The Balaban J connectivity index is 2.19. The number of pyridine rings is 1. The molecule has 0 aliphatic carbocycles. The molecule has 9 nitrogen and oxygen atoms in total. The van der Waals surface area contributed by atoms with Crippen molar-refractivity contribution in [1.29, 1.82) is 0 Å². The van der Waals surface area contributed by atoms with Gasteiger partial charge in [-0.25, -0.2) is 9.97 Å². The van der Waals surface area contributed by atoms with Crippen LogP contribution in [-0.2, 0) is 12.3 Å². The van der Waals surface area contributed by atoms with E-state index in [9.17, 15) is 14.7 Å². The van der Waals surface area contributed by atoms with Crippen LogP contribution in [0.25, 0.3) is 0 Å². The number of carbonyl (C=O) groups is 1. The minimum Gasteiger partial charge on any atom is -0.392 e. The van der Waals surface area contributed by atoms with Gasteiger partial charge in [-0.2, -0.15) is 0 Å². The number of nitrogens with two attached hydrogens (primary N) is 1. The fourth-order valence-corrected chi connectivity index (χ4v) is 3.45. The lowest BCUT2D eigenvalue weighted by molar-refractivity contribution is 0.0904. The predicted molar refractivity (Wildman–Crippen MR) is 97.0 cm³/mol. The van der Waals surface area contributed by atoms with Crippen LogP contribution >= 0.6 is 0 Å². The Morgan fingerprint density at radius 2 is 2.08 bits per heavy atom. The fourth-order valence-electron chi connectivity index (χ4n) is 3.45. The highest BCUT2D eigenvalue weighted by atomic mass is 16.3. The van der Waals surface area contributed by atoms with Crippen molar-refractivity contribution in [2.45, 2.75) is 45.4 Å². The molecule has 1 aliphatic rings. The highest BCUT2D eigenvalue weighted by Crippen LogP contribution is 2.32. The average molecular weight is 358 g/mol. The van der Waals surface area contributed by atoms with Crippen LogP contribution < -0.4 is 21.9 Å². The van der Waals surface area contributed by atoms with E-state index in [2.05, 4.69) is 20.6 Å². The average Bonchev–Trinajstić information content (AvgIpc) is 2.91. The quantitative estimate of drug-likeness (QED) is 0.606. The monoisotopic (exact) mass is 358 g/mol. The van der Waals surface area contributed by atoms with Gasteiger partial charge in [0.05, 0.1) is 6.61 Å². The van der Waals surface area contributed by atoms with Gasteiger partial charge >= 0.3 is 0 Å². The molecule has 3 heterocycles. The van der Waals surface area contributed by atoms with E-state index in [0.717, 1.165) is 6.42 Å². The van der Waals surface area contributed by atoms with Gasteiger partial charge in [0.25, 0.3) is 11.5 Å². The maximum atomic E-state index is 13.2. The second-order valence-electron chi connectivity index (χ2n) is 6.27. The maximum Gasteiger partial charge on any atom is 0.276 e. The Hall–Kier alpha value is -2.94. The molecule has 9 heteroatoms. The summed E-state index contributed by atoms with van der Waals surface area (Å²) in [5.74, 6) is 0.269. The van der Waals surface area contributed by atoms with Crippen LogP contribution in [0.3, 0.4) is 0 Å². The third-order valence-corrected chi connectivity index (χ3v) is 4.64. The van der Waals surface area contributed by atoms with Crippen LogP contribution in [-0.4, -0.2) is 25.5 Å². The number of amides is 1. The minimum atomic E-state index is -0.801. The van der Waals surface area contributed by atoms with E-state index in [0.29, 0.717) is 24.2 Å². The molecule has 0 saturated heterocycles. The molecule has 138 valence electrons. The molecule has 5 N–H and O–H groups in total. The van der Waals surface area contributed by atoms with E-state index in [1.165, 1.54) is 23.0 Å². The summed E-state index contributed by atoms with van der Waals surface area (Å²) in [6.07, 6.45) is 3.23. The van der Waals surface area contributed by atoms with Gasteiger partial charge in [0.1, 0.15) is 35.0 Å². The lowest BCUT2D eigenvalue weighted by atomic mass is 10.0. The number of nitrogen functional groups attached to an aromatic ring is 1. The lowest BCUT2D eigenvalue weighted by Gasteiger charge is -2.30. The third kappa shape index (κ3) is 2.80. The molecule has 0 fully saturated rings. The molecule has 1 amide bonds. The van der Waals surface area contributed by atoms with Crippen molar-refractivity contribution in [3.63, 3.8) is 0 Å². The van der Waals surface area contributed by atoms with Crippen molar-refractivity contribution in [1.82, 2.24) is 19.9 Å². The summed E-state index contributed by atoms with van der Waals surface area (Å²) in [5.41, 5.74) is 5.28. The highest BCUT2D eigenvalue weighted by molar-refractivity contribution is 5.97. The molecule has 0 spiro atoms. The van der Waals surface area contributed by atoms with E-state index >= 15 is 0 Å². The van der Waals surface area contributed by atoms with Gasteiger partial charge in [-0.1, -0.05) is 20.3 Å². The van der Waals surface area contributed by atoms with Crippen LogP contribution in [0, 0.1) is 0 Å². The highest BCUT2D eigenvalue weighted by Gasteiger charge is 2.43. The first-order valence-corrected chi connectivity index (χ1v) is 8.53. The normalized spacial score (nSPS) is 18.5. The van der Waals surface area contributed by atoms with Crippen molar-refractivity contribution < 1.29 is 9.90 Å². The fraction of sp³-hybridized carbons (Fsp3) is 0.412. The van der Waals surface area contributed by atoms with Crippen molar-refractivity contribution in [2.75, 3.05) is 11.1 Å². The zero-order chi connectivity index (χ0) is 18.9. The zero-order valence-electron chi connectivity index (χ0n) is 14.7. The molecule has 26 heavy (non-hydrogen) atoms. The molecule has 1 aliphatic heterocycles. The van der Waals surface area contributed by atoms with Crippen LogP contribution in [0.4, 0.5) is 17.3 Å². The van der Waals surface area contributed by atoms with E-state index < -0.39 is 5.66 Å². The van der Waals surface area contributed by atoms with Crippen molar-refractivity contribution in [2.24, 2.45) is 0 Å². The second-order valence-corrected chi connectivity index (χ2v) is 6.27. The van der Waals surface area contributed by atoms with Crippen molar-refractivity contribution in [3.8, 4) is 0 Å². The Morgan fingerprint density at radius 3 is 2.69 bits per heavy atom. The van der Waals surface area contributed by atoms with Gasteiger partial charge in [0, 0.05) is 11.6 Å². The van der Waals surface area contributed by atoms with Gasteiger partial charge in [-0.05, 0) is 18.9 Å². The lowest BCUT2D eigenvalue weighted by Crippen LogP contribution is -2.47. The summed E-state index contributed by atoms with van der Waals surface area (Å²) in [6, 6.07) is 2.97. The summed E-state index contributed by atoms with van der Waals surface area (Å²) in [7, 11) is 0. The Morgan fingerprint density at radius 1 is 1.31 bits per heavy atom. The number of aromatic nitrogens is 3. The summed E-state index contributed by atoms with van der Waals surface area (Å²) < 4.78 is 1.47. The summed E-state index contributed by atoms with van der Waals surface area (Å²) >= 11 is 0.